The van der Waals surface area contributed by atoms with Gasteiger partial charge in [0.2, 0.25) is 0 Å². The third-order valence-corrected chi connectivity index (χ3v) is 2.60. The van der Waals surface area contributed by atoms with Crippen molar-refractivity contribution in [3.63, 3.8) is 0 Å². The van der Waals surface area contributed by atoms with Gasteiger partial charge < -0.3 is 15.4 Å². The van der Waals surface area contributed by atoms with Crippen LogP contribution >= 0.6 is 0 Å². The Labute approximate surface area is 98.1 Å². The summed E-state index contributed by atoms with van der Waals surface area (Å²) in [4.78, 5) is 11.4. The number of rotatable bonds is 2. The summed E-state index contributed by atoms with van der Waals surface area (Å²) in [6.07, 6.45) is 0.764. The van der Waals surface area contributed by atoms with Gasteiger partial charge in [0.15, 0.2) is 0 Å². The van der Waals surface area contributed by atoms with Crippen molar-refractivity contribution in [2.45, 2.75) is 52.2 Å². The van der Waals surface area contributed by atoms with Crippen LogP contribution in [0.4, 0.5) is 4.79 Å². The fraction of sp³-hybridized carbons (Fsp3) is 0.917. The number of carbonyl (C=O) groups excluding carboxylic acids is 1. The molecule has 4 heteroatoms. The van der Waals surface area contributed by atoms with Crippen LogP contribution < -0.4 is 10.6 Å². The zero-order valence-corrected chi connectivity index (χ0v) is 11.0. The zero-order valence-electron chi connectivity index (χ0n) is 11.0. The largest absolute Gasteiger partial charge is 0.444 e. The van der Waals surface area contributed by atoms with E-state index in [1.54, 1.807) is 0 Å². The number of alkyl carbamates (subject to hydrolysis) is 1. The van der Waals surface area contributed by atoms with Crippen molar-refractivity contribution in [2.24, 2.45) is 5.92 Å². The van der Waals surface area contributed by atoms with E-state index in [1.165, 1.54) is 0 Å². The highest BCUT2D eigenvalue weighted by Crippen LogP contribution is 2.22. The van der Waals surface area contributed by atoms with Gasteiger partial charge in [0.1, 0.15) is 5.60 Å². The molecule has 1 unspecified atom stereocenters. The average Bonchev–Trinajstić information content (AvgIpc) is 2.39. The first-order chi connectivity index (χ1) is 7.18. The normalized spacial score (nSPS) is 24.2. The molecule has 1 fully saturated rings. The van der Waals surface area contributed by atoms with E-state index < -0.39 is 5.60 Å². The summed E-state index contributed by atoms with van der Waals surface area (Å²) in [7, 11) is 0. The second-order valence-electron chi connectivity index (χ2n) is 6.22. The fourth-order valence-corrected chi connectivity index (χ4v) is 1.97. The van der Waals surface area contributed by atoms with Crippen LogP contribution in [0, 0.1) is 5.92 Å². The predicted octanol–water partition coefficient (Wildman–Crippen LogP) is 1.90. The van der Waals surface area contributed by atoms with E-state index in [0.717, 1.165) is 13.0 Å². The molecule has 0 radical (unpaired) electrons. The lowest BCUT2D eigenvalue weighted by Crippen LogP contribution is -2.35. The standard InChI is InChI=1S/C12H24N2O2/c1-11(2,3)16-10(15)13-7-9-6-12(4,5)14-8-9/h9,14H,6-8H2,1-5H3,(H,13,15). The van der Waals surface area contributed by atoms with E-state index in [0.29, 0.717) is 12.5 Å². The van der Waals surface area contributed by atoms with E-state index in [-0.39, 0.29) is 11.6 Å². The number of nitrogens with one attached hydrogen (secondary N) is 2. The Hall–Kier alpha value is -0.770. The minimum atomic E-state index is -0.419. The predicted molar refractivity (Wildman–Crippen MR) is 64.4 cm³/mol. The number of hydrogen-bond acceptors (Lipinski definition) is 3. The molecule has 1 heterocycles. The summed E-state index contributed by atoms with van der Waals surface area (Å²) in [5, 5.41) is 6.24. The number of carbonyl (C=O) groups is 1. The fourth-order valence-electron chi connectivity index (χ4n) is 1.97. The van der Waals surface area contributed by atoms with E-state index in [9.17, 15) is 4.79 Å². The summed E-state index contributed by atoms with van der Waals surface area (Å²) >= 11 is 0. The molecular formula is C12H24N2O2. The van der Waals surface area contributed by atoms with Crippen molar-refractivity contribution >= 4 is 6.09 Å². The lowest BCUT2D eigenvalue weighted by atomic mass is 9.97. The molecule has 1 rings (SSSR count). The summed E-state index contributed by atoms with van der Waals surface area (Å²) in [6.45, 7) is 11.6. The highest BCUT2D eigenvalue weighted by atomic mass is 16.6. The van der Waals surface area contributed by atoms with E-state index in [2.05, 4.69) is 24.5 Å². The first-order valence-electron chi connectivity index (χ1n) is 5.90. The van der Waals surface area contributed by atoms with E-state index in [4.69, 9.17) is 4.74 Å². The highest BCUT2D eigenvalue weighted by Gasteiger charge is 2.30. The van der Waals surface area contributed by atoms with Crippen molar-refractivity contribution in [1.82, 2.24) is 10.6 Å². The Bertz CT molecular complexity index is 256. The first-order valence-corrected chi connectivity index (χ1v) is 5.90. The maximum atomic E-state index is 11.4. The molecule has 0 saturated carbocycles. The Morgan fingerprint density at radius 3 is 2.56 bits per heavy atom. The third-order valence-electron chi connectivity index (χ3n) is 2.60. The molecule has 1 saturated heterocycles. The Kier molecular flexibility index (Phi) is 3.84. The van der Waals surface area contributed by atoms with Crippen LogP contribution in [0.1, 0.15) is 41.0 Å². The number of hydrogen-bond donors (Lipinski definition) is 2. The van der Waals surface area contributed by atoms with Gasteiger partial charge in [-0.3, -0.25) is 0 Å². The van der Waals surface area contributed by atoms with Gasteiger partial charge in [-0.1, -0.05) is 0 Å². The van der Waals surface area contributed by atoms with Gasteiger partial charge in [0.25, 0.3) is 0 Å². The van der Waals surface area contributed by atoms with Crippen LogP contribution in [0.25, 0.3) is 0 Å². The molecular weight excluding hydrogens is 204 g/mol. The van der Waals surface area contributed by atoms with Gasteiger partial charge in [-0.15, -0.1) is 0 Å². The summed E-state index contributed by atoms with van der Waals surface area (Å²) in [6, 6.07) is 0. The molecule has 1 amide bonds. The average molecular weight is 228 g/mol. The molecule has 0 aromatic rings. The molecule has 0 aliphatic carbocycles. The molecule has 0 aromatic heterocycles. The second kappa shape index (κ2) is 4.62. The minimum Gasteiger partial charge on any atom is -0.444 e. The number of amides is 1. The molecule has 2 N–H and O–H groups in total. The molecule has 16 heavy (non-hydrogen) atoms. The Balaban J connectivity index is 2.23. The van der Waals surface area contributed by atoms with Crippen LogP contribution in [0.15, 0.2) is 0 Å². The van der Waals surface area contributed by atoms with Crippen molar-refractivity contribution < 1.29 is 9.53 Å². The minimum absolute atomic E-state index is 0.195. The summed E-state index contributed by atoms with van der Waals surface area (Å²) in [5.74, 6) is 0.502. The summed E-state index contributed by atoms with van der Waals surface area (Å²) in [5.41, 5.74) is -0.225. The molecule has 0 spiro atoms. The molecule has 1 aliphatic heterocycles. The van der Waals surface area contributed by atoms with Crippen molar-refractivity contribution in [3.8, 4) is 0 Å². The highest BCUT2D eigenvalue weighted by molar-refractivity contribution is 5.67. The van der Waals surface area contributed by atoms with Crippen LogP contribution in [0.3, 0.4) is 0 Å². The quantitative estimate of drug-likeness (QED) is 0.759. The maximum Gasteiger partial charge on any atom is 0.407 e. The van der Waals surface area contributed by atoms with E-state index >= 15 is 0 Å². The lowest BCUT2D eigenvalue weighted by Gasteiger charge is -2.21. The maximum absolute atomic E-state index is 11.4. The lowest BCUT2D eigenvalue weighted by molar-refractivity contribution is 0.0520. The smallest absolute Gasteiger partial charge is 0.407 e. The van der Waals surface area contributed by atoms with Crippen molar-refractivity contribution in [1.29, 1.82) is 0 Å². The van der Waals surface area contributed by atoms with Crippen molar-refractivity contribution in [2.75, 3.05) is 13.1 Å². The molecule has 0 aromatic carbocycles. The van der Waals surface area contributed by atoms with Crippen LogP contribution in [-0.4, -0.2) is 30.3 Å². The van der Waals surface area contributed by atoms with Gasteiger partial charge in [0.05, 0.1) is 0 Å². The zero-order chi connectivity index (χ0) is 12.4. The topological polar surface area (TPSA) is 50.4 Å². The van der Waals surface area contributed by atoms with Gasteiger partial charge in [-0.2, -0.15) is 0 Å². The van der Waals surface area contributed by atoms with Gasteiger partial charge in [0, 0.05) is 18.6 Å². The monoisotopic (exact) mass is 228 g/mol. The Morgan fingerprint density at radius 2 is 2.12 bits per heavy atom. The van der Waals surface area contributed by atoms with Gasteiger partial charge >= 0.3 is 6.09 Å². The Morgan fingerprint density at radius 1 is 1.50 bits per heavy atom. The molecule has 0 bridgehead atoms. The summed E-state index contributed by atoms with van der Waals surface area (Å²) < 4.78 is 5.18. The SMILES string of the molecule is CC1(C)CC(CNC(=O)OC(C)(C)C)CN1. The van der Waals surface area contributed by atoms with Crippen LogP contribution in [0.5, 0.6) is 0 Å². The molecule has 1 atom stereocenters. The number of ether oxygens (including phenoxy) is 1. The molecule has 94 valence electrons. The van der Waals surface area contributed by atoms with Gasteiger partial charge in [-0.05, 0) is 47.0 Å². The first kappa shape index (κ1) is 13.3. The second-order valence-corrected chi connectivity index (χ2v) is 6.22. The molecule has 1 aliphatic rings. The van der Waals surface area contributed by atoms with Crippen LogP contribution in [0.2, 0.25) is 0 Å². The van der Waals surface area contributed by atoms with E-state index in [1.807, 2.05) is 20.8 Å². The third kappa shape index (κ3) is 4.84. The molecule has 4 nitrogen and oxygen atoms in total. The van der Waals surface area contributed by atoms with Gasteiger partial charge in [-0.25, -0.2) is 4.79 Å². The van der Waals surface area contributed by atoms with Crippen LogP contribution in [-0.2, 0) is 4.74 Å². The van der Waals surface area contributed by atoms with Crippen molar-refractivity contribution in [3.05, 3.63) is 0 Å².